The van der Waals surface area contributed by atoms with E-state index in [4.69, 9.17) is 9.47 Å². The quantitative estimate of drug-likeness (QED) is 0.490. The first-order valence-electron chi connectivity index (χ1n) is 11.1. The molecule has 2 amide bonds. The Balaban J connectivity index is 1.82. The Kier molecular flexibility index (Phi) is 10.3. The lowest BCUT2D eigenvalue weighted by molar-refractivity contribution is -0.146. The molecule has 0 spiro atoms. The number of carbonyl (C=O) groups excluding carboxylic acids is 4. The standard InChI is InChI=1S/C26H32N2O6/c1-26(2,3)34-25(32)28-22(16-19-10-6-4-7-11-19)24(31)27-17-21(29)14-15-23(30)33-18-20-12-8-5-9-13-20/h4-13,22H,14-18H2,1-3H3,(H,27,31)(H,28,32). The molecule has 1 unspecified atom stereocenters. The SMILES string of the molecule is CC(C)(C)OC(=O)NC(Cc1ccccc1)C(=O)NCC(=O)CCC(=O)OCc1ccccc1. The maximum atomic E-state index is 12.7. The number of Topliss-reactive ketones (excluding diaryl/α,β-unsaturated/α-hetero) is 1. The molecule has 8 heteroatoms. The second kappa shape index (κ2) is 13.1. The first-order chi connectivity index (χ1) is 16.1. The highest BCUT2D eigenvalue weighted by molar-refractivity contribution is 5.91. The van der Waals surface area contributed by atoms with Crippen LogP contribution in [0.3, 0.4) is 0 Å². The zero-order valence-electron chi connectivity index (χ0n) is 19.8. The van der Waals surface area contributed by atoms with Gasteiger partial charge in [-0.15, -0.1) is 0 Å². The lowest BCUT2D eigenvalue weighted by Gasteiger charge is -2.23. The summed E-state index contributed by atoms with van der Waals surface area (Å²) in [5.41, 5.74) is 0.978. The van der Waals surface area contributed by atoms with Gasteiger partial charge in [-0.05, 0) is 31.9 Å². The van der Waals surface area contributed by atoms with E-state index < -0.39 is 29.6 Å². The molecule has 2 N–H and O–H groups in total. The molecule has 0 aliphatic carbocycles. The molecule has 0 heterocycles. The Morgan fingerprint density at radius 2 is 1.44 bits per heavy atom. The van der Waals surface area contributed by atoms with Gasteiger partial charge in [0.05, 0.1) is 13.0 Å². The number of rotatable bonds is 11. The summed E-state index contributed by atoms with van der Waals surface area (Å²) >= 11 is 0. The highest BCUT2D eigenvalue weighted by Gasteiger charge is 2.25. The molecule has 0 bridgehead atoms. The highest BCUT2D eigenvalue weighted by atomic mass is 16.6. The van der Waals surface area contributed by atoms with Gasteiger partial charge in [0.2, 0.25) is 5.91 Å². The summed E-state index contributed by atoms with van der Waals surface area (Å²) in [7, 11) is 0. The van der Waals surface area contributed by atoms with Crippen LogP contribution in [0.5, 0.6) is 0 Å². The topological polar surface area (TPSA) is 111 Å². The van der Waals surface area contributed by atoms with Crippen LogP contribution in [0, 0.1) is 0 Å². The zero-order chi connectivity index (χ0) is 25.0. The highest BCUT2D eigenvalue weighted by Crippen LogP contribution is 2.09. The van der Waals surface area contributed by atoms with Crippen LogP contribution < -0.4 is 10.6 Å². The van der Waals surface area contributed by atoms with Crippen LogP contribution in [0.2, 0.25) is 0 Å². The molecule has 0 fully saturated rings. The molecule has 8 nitrogen and oxygen atoms in total. The number of hydrogen-bond acceptors (Lipinski definition) is 6. The van der Waals surface area contributed by atoms with Gasteiger partial charge in [-0.25, -0.2) is 4.79 Å². The minimum Gasteiger partial charge on any atom is -0.461 e. The maximum Gasteiger partial charge on any atom is 0.408 e. The maximum absolute atomic E-state index is 12.7. The van der Waals surface area contributed by atoms with Gasteiger partial charge in [0, 0.05) is 12.8 Å². The predicted octanol–water partition coefficient (Wildman–Crippen LogP) is 3.33. The smallest absolute Gasteiger partial charge is 0.408 e. The predicted molar refractivity (Wildman–Crippen MR) is 127 cm³/mol. The molecule has 2 rings (SSSR count). The van der Waals surface area contributed by atoms with Crippen molar-refractivity contribution in [1.82, 2.24) is 10.6 Å². The summed E-state index contributed by atoms with van der Waals surface area (Å²) in [5, 5.41) is 5.11. The fourth-order valence-corrected chi connectivity index (χ4v) is 2.96. The van der Waals surface area contributed by atoms with E-state index in [-0.39, 0.29) is 38.2 Å². The van der Waals surface area contributed by atoms with E-state index in [0.29, 0.717) is 0 Å². The van der Waals surface area contributed by atoms with Crippen molar-refractivity contribution in [2.45, 2.75) is 58.3 Å². The van der Waals surface area contributed by atoms with Gasteiger partial charge in [-0.2, -0.15) is 0 Å². The van der Waals surface area contributed by atoms with Crippen LogP contribution in [0.4, 0.5) is 4.79 Å². The molecular formula is C26H32N2O6. The Morgan fingerprint density at radius 1 is 0.853 bits per heavy atom. The van der Waals surface area contributed by atoms with Gasteiger partial charge in [0.25, 0.3) is 0 Å². The van der Waals surface area contributed by atoms with Gasteiger partial charge < -0.3 is 20.1 Å². The van der Waals surface area contributed by atoms with E-state index in [9.17, 15) is 19.2 Å². The van der Waals surface area contributed by atoms with Crippen molar-refractivity contribution in [1.29, 1.82) is 0 Å². The Labute approximate surface area is 200 Å². The second-order valence-electron chi connectivity index (χ2n) is 8.79. The number of amides is 2. The van der Waals surface area contributed by atoms with Gasteiger partial charge in [-0.1, -0.05) is 60.7 Å². The molecule has 0 aliphatic rings. The van der Waals surface area contributed by atoms with Crippen LogP contribution in [-0.2, 0) is 36.9 Å². The molecule has 0 aromatic heterocycles. The summed E-state index contributed by atoms with van der Waals surface area (Å²) in [6.07, 6.45) is -0.635. The minimum absolute atomic E-state index is 0.0588. The summed E-state index contributed by atoms with van der Waals surface area (Å²) in [4.78, 5) is 49.0. The Morgan fingerprint density at radius 3 is 2.03 bits per heavy atom. The molecule has 0 saturated carbocycles. The van der Waals surface area contributed by atoms with Crippen molar-refractivity contribution in [2.24, 2.45) is 0 Å². The van der Waals surface area contributed by atoms with E-state index in [2.05, 4.69) is 10.6 Å². The number of alkyl carbamates (subject to hydrolysis) is 1. The molecule has 2 aromatic carbocycles. The molecule has 1 atom stereocenters. The first-order valence-corrected chi connectivity index (χ1v) is 11.1. The van der Waals surface area contributed by atoms with Crippen molar-refractivity contribution >= 4 is 23.8 Å². The number of benzene rings is 2. The molecule has 2 aromatic rings. The van der Waals surface area contributed by atoms with Crippen molar-refractivity contribution in [3.05, 3.63) is 71.8 Å². The van der Waals surface area contributed by atoms with Crippen LogP contribution in [0.1, 0.15) is 44.7 Å². The molecule has 34 heavy (non-hydrogen) atoms. The fourth-order valence-electron chi connectivity index (χ4n) is 2.96. The number of ether oxygens (including phenoxy) is 2. The number of ketones is 1. The lowest BCUT2D eigenvalue weighted by atomic mass is 10.1. The van der Waals surface area contributed by atoms with Crippen molar-refractivity contribution in [2.75, 3.05) is 6.54 Å². The molecule has 0 saturated heterocycles. The number of hydrogen-bond donors (Lipinski definition) is 2. The third-order valence-electron chi connectivity index (χ3n) is 4.60. The first kappa shape index (κ1) is 26.6. The van der Waals surface area contributed by atoms with Crippen molar-refractivity contribution < 1.29 is 28.7 Å². The molecular weight excluding hydrogens is 436 g/mol. The minimum atomic E-state index is -0.930. The molecule has 182 valence electrons. The number of nitrogens with one attached hydrogen (secondary N) is 2. The van der Waals surface area contributed by atoms with Crippen LogP contribution in [0.25, 0.3) is 0 Å². The van der Waals surface area contributed by atoms with E-state index in [0.717, 1.165) is 11.1 Å². The largest absolute Gasteiger partial charge is 0.461 e. The van der Waals surface area contributed by atoms with E-state index in [1.165, 1.54) is 0 Å². The van der Waals surface area contributed by atoms with Gasteiger partial charge in [0.15, 0.2) is 5.78 Å². The third-order valence-corrected chi connectivity index (χ3v) is 4.60. The van der Waals surface area contributed by atoms with Crippen LogP contribution in [0.15, 0.2) is 60.7 Å². The zero-order valence-corrected chi connectivity index (χ0v) is 19.8. The van der Waals surface area contributed by atoms with Gasteiger partial charge >= 0.3 is 12.1 Å². The van der Waals surface area contributed by atoms with Gasteiger partial charge in [-0.3, -0.25) is 14.4 Å². The lowest BCUT2D eigenvalue weighted by Crippen LogP contribution is -2.50. The van der Waals surface area contributed by atoms with Crippen LogP contribution in [-0.4, -0.2) is 41.9 Å². The van der Waals surface area contributed by atoms with Crippen LogP contribution >= 0.6 is 0 Å². The van der Waals surface area contributed by atoms with E-state index in [1.54, 1.807) is 20.8 Å². The van der Waals surface area contributed by atoms with Crippen molar-refractivity contribution in [3.63, 3.8) is 0 Å². The summed E-state index contributed by atoms with van der Waals surface area (Å²) in [6.45, 7) is 5.06. The monoisotopic (exact) mass is 468 g/mol. The fraction of sp³-hybridized carbons (Fsp3) is 0.385. The Hall–Kier alpha value is -3.68. The average Bonchev–Trinajstić information content (AvgIpc) is 2.79. The normalized spacial score (nSPS) is 11.7. The van der Waals surface area contributed by atoms with Gasteiger partial charge in [0.1, 0.15) is 18.2 Å². The second-order valence-corrected chi connectivity index (χ2v) is 8.79. The summed E-state index contributed by atoms with van der Waals surface area (Å²) in [5.74, 6) is -1.33. The third kappa shape index (κ3) is 10.8. The number of carbonyl (C=O) groups is 4. The Bertz CT molecular complexity index is 954. The average molecular weight is 469 g/mol. The molecule has 0 aliphatic heterocycles. The summed E-state index contributed by atoms with van der Waals surface area (Å²) in [6, 6.07) is 17.5. The summed E-state index contributed by atoms with van der Waals surface area (Å²) < 4.78 is 10.4. The van der Waals surface area contributed by atoms with E-state index in [1.807, 2.05) is 60.7 Å². The number of esters is 1. The van der Waals surface area contributed by atoms with Crippen molar-refractivity contribution in [3.8, 4) is 0 Å². The molecule has 0 radical (unpaired) electrons. The van der Waals surface area contributed by atoms with E-state index >= 15 is 0 Å².